The van der Waals surface area contributed by atoms with E-state index < -0.39 is 22.1 Å². The summed E-state index contributed by atoms with van der Waals surface area (Å²) in [6.07, 6.45) is 0.514. The Balaban J connectivity index is 2.44. The van der Waals surface area contributed by atoms with E-state index in [4.69, 9.17) is 5.11 Å². The maximum absolute atomic E-state index is 12.6. The van der Waals surface area contributed by atoms with Crippen molar-refractivity contribution in [1.82, 2.24) is 4.31 Å². The van der Waals surface area contributed by atoms with Gasteiger partial charge in [0.25, 0.3) is 0 Å². The minimum atomic E-state index is -3.77. The fourth-order valence-electron chi connectivity index (χ4n) is 2.40. The van der Waals surface area contributed by atoms with Crippen LogP contribution in [0.5, 0.6) is 0 Å². The molecule has 1 atom stereocenters. The van der Waals surface area contributed by atoms with Gasteiger partial charge in [-0.15, -0.1) is 0 Å². The van der Waals surface area contributed by atoms with Crippen LogP contribution in [0, 0.1) is 6.92 Å². The first-order valence-corrected chi connectivity index (χ1v) is 7.79. The molecule has 20 heavy (non-hydrogen) atoms. The molecule has 1 aliphatic heterocycles. The van der Waals surface area contributed by atoms with Gasteiger partial charge in [0, 0.05) is 13.1 Å². The summed E-state index contributed by atoms with van der Waals surface area (Å²) in [7, 11) is -3.77. The highest BCUT2D eigenvalue weighted by atomic mass is 32.2. The number of aliphatic hydroxyl groups is 1. The molecule has 0 saturated carbocycles. The van der Waals surface area contributed by atoms with Crippen LogP contribution in [0.2, 0.25) is 0 Å². The number of rotatable bonds is 3. The quantitative estimate of drug-likeness (QED) is 0.862. The van der Waals surface area contributed by atoms with Crippen molar-refractivity contribution in [2.24, 2.45) is 0 Å². The topological polar surface area (TPSA) is 94.9 Å². The van der Waals surface area contributed by atoms with Crippen LogP contribution in [0.15, 0.2) is 23.1 Å². The van der Waals surface area contributed by atoms with E-state index in [2.05, 4.69) is 0 Å². The maximum Gasteiger partial charge on any atom is 0.335 e. The van der Waals surface area contributed by atoms with Crippen molar-refractivity contribution >= 4 is 16.0 Å². The summed E-state index contributed by atoms with van der Waals surface area (Å²) in [5.74, 6) is -1.15. The Morgan fingerprint density at radius 2 is 2.10 bits per heavy atom. The summed E-state index contributed by atoms with van der Waals surface area (Å²) in [5, 5.41) is 18.7. The first kappa shape index (κ1) is 15.0. The van der Waals surface area contributed by atoms with E-state index in [1.165, 1.54) is 29.4 Å². The summed E-state index contributed by atoms with van der Waals surface area (Å²) in [4.78, 5) is 11.1. The van der Waals surface area contributed by atoms with Crippen LogP contribution < -0.4 is 0 Å². The van der Waals surface area contributed by atoms with Gasteiger partial charge in [0.15, 0.2) is 0 Å². The molecule has 1 saturated heterocycles. The smallest absolute Gasteiger partial charge is 0.335 e. The lowest BCUT2D eigenvalue weighted by Crippen LogP contribution is -2.42. The summed E-state index contributed by atoms with van der Waals surface area (Å²) >= 11 is 0. The number of aliphatic hydroxyl groups excluding tert-OH is 1. The van der Waals surface area contributed by atoms with Crippen molar-refractivity contribution in [3.05, 3.63) is 29.3 Å². The molecule has 0 aromatic heterocycles. The number of carboxylic acids is 1. The number of benzene rings is 1. The van der Waals surface area contributed by atoms with Gasteiger partial charge < -0.3 is 10.2 Å². The van der Waals surface area contributed by atoms with Crippen LogP contribution in [0.1, 0.15) is 28.8 Å². The lowest BCUT2D eigenvalue weighted by Gasteiger charge is -2.29. The average molecular weight is 299 g/mol. The Morgan fingerprint density at radius 1 is 1.40 bits per heavy atom. The lowest BCUT2D eigenvalue weighted by atomic mass is 10.1. The summed E-state index contributed by atoms with van der Waals surface area (Å²) < 4.78 is 26.3. The number of β-amino-alcohol motifs (C(OH)–C–C–N with tert-alkyl or cyclic N) is 1. The van der Waals surface area contributed by atoms with Gasteiger partial charge >= 0.3 is 5.97 Å². The lowest BCUT2D eigenvalue weighted by molar-refractivity contribution is 0.0695. The summed E-state index contributed by atoms with van der Waals surface area (Å²) in [6.45, 7) is 1.88. The van der Waals surface area contributed by atoms with Gasteiger partial charge in [-0.25, -0.2) is 13.2 Å². The molecule has 0 aliphatic carbocycles. The number of carboxylic acid groups (broad SMARTS) is 1. The molecular formula is C13H17NO5S. The Bertz CT molecular complexity index is 626. The van der Waals surface area contributed by atoms with E-state index in [0.717, 1.165) is 0 Å². The molecule has 1 aliphatic rings. The van der Waals surface area contributed by atoms with Crippen LogP contribution in [0.4, 0.5) is 0 Å². The number of piperidine rings is 1. The van der Waals surface area contributed by atoms with Crippen molar-refractivity contribution < 1.29 is 23.4 Å². The molecular weight excluding hydrogens is 282 g/mol. The van der Waals surface area contributed by atoms with Crippen LogP contribution in [-0.4, -0.2) is 48.1 Å². The largest absolute Gasteiger partial charge is 0.478 e. The van der Waals surface area contributed by atoms with E-state index in [0.29, 0.717) is 19.4 Å². The number of hydrogen-bond donors (Lipinski definition) is 2. The second-order valence-electron chi connectivity index (χ2n) is 4.89. The van der Waals surface area contributed by atoms with Gasteiger partial charge in [-0.05, 0) is 37.5 Å². The Morgan fingerprint density at radius 3 is 2.70 bits per heavy atom. The predicted octanol–water partition coefficient (Wildman–Crippen LogP) is 0.839. The minimum absolute atomic E-state index is 0.00787. The zero-order valence-corrected chi connectivity index (χ0v) is 11.9. The van der Waals surface area contributed by atoms with Crippen molar-refractivity contribution in [3.8, 4) is 0 Å². The van der Waals surface area contributed by atoms with Gasteiger partial charge in [0.1, 0.15) is 0 Å². The predicted molar refractivity (Wildman–Crippen MR) is 72.1 cm³/mol. The molecule has 2 N–H and O–H groups in total. The standard InChI is InChI=1S/C13H17NO5S/c1-9-11(13(16)17)5-2-6-12(9)20(18,19)14-7-3-4-10(15)8-14/h2,5-6,10,15H,3-4,7-8H2,1H3,(H,16,17)/t10-/m0/s1. The Labute approximate surface area is 117 Å². The number of nitrogens with zero attached hydrogens (tertiary/aromatic N) is 1. The number of hydrogen-bond acceptors (Lipinski definition) is 4. The molecule has 0 bridgehead atoms. The third-order valence-corrected chi connectivity index (χ3v) is 5.50. The fourth-order valence-corrected chi connectivity index (χ4v) is 4.17. The molecule has 1 aromatic carbocycles. The zero-order chi connectivity index (χ0) is 14.9. The second kappa shape index (κ2) is 5.51. The molecule has 1 aromatic rings. The molecule has 6 nitrogen and oxygen atoms in total. The van der Waals surface area contributed by atoms with Crippen molar-refractivity contribution in [2.45, 2.75) is 30.8 Å². The molecule has 0 unspecified atom stereocenters. The third-order valence-electron chi connectivity index (χ3n) is 3.49. The minimum Gasteiger partial charge on any atom is -0.478 e. The fraction of sp³-hybridized carbons (Fsp3) is 0.462. The van der Waals surface area contributed by atoms with Crippen LogP contribution in [0.25, 0.3) is 0 Å². The van der Waals surface area contributed by atoms with Crippen molar-refractivity contribution in [1.29, 1.82) is 0 Å². The van der Waals surface area contributed by atoms with Gasteiger partial charge in [-0.2, -0.15) is 4.31 Å². The van der Waals surface area contributed by atoms with Crippen molar-refractivity contribution in [3.63, 3.8) is 0 Å². The molecule has 1 heterocycles. The monoisotopic (exact) mass is 299 g/mol. The molecule has 0 radical (unpaired) electrons. The van der Waals surface area contributed by atoms with E-state index in [9.17, 15) is 18.3 Å². The van der Waals surface area contributed by atoms with Crippen LogP contribution in [0.3, 0.4) is 0 Å². The SMILES string of the molecule is Cc1c(C(=O)O)cccc1S(=O)(=O)N1CCC[C@H](O)C1. The van der Waals surface area contributed by atoms with E-state index in [1.54, 1.807) is 0 Å². The molecule has 0 spiro atoms. The Kier molecular flexibility index (Phi) is 4.12. The highest BCUT2D eigenvalue weighted by molar-refractivity contribution is 7.89. The van der Waals surface area contributed by atoms with Gasteiger partial charge in [-0.3, -0.25) is 0 Å². The first-order chi connectivity index (χ1) is 9.34. The van der Waals surface area contributed by atoms with E-state index in [-0.39, 0.29) is 22.6 Å². The molecule has 2 rings (SSSR count). The molecule has 110 valence electrons. The van der Waals surface area contributed by atoms with Crippen LogP contribution in [-0.2, 0) is 10.0 Å². The van der Waals surface area contributed by atoms with Crippen molar-refractivity contribution in [2.75, 3.05) is 13.1 Å². The van der Waals surface area contributed by atoms with E-state index >= 15 is 0 Å². The zero-order valence-electron chi connectivity index (χ0n) is 11.1. The third kappa shape index (κ3) is 2.70. The number of aromatic carboxylic acids is 1. The highest BCUT2D eigenvalue weighted by Crippen LogP contribution is 2.25. The highest BCUT2D eigenvalue weighted by Gasteiger charge is 2.31. The summed E-state index contributed by atoms with van der Waals surface area (Å²) in [6, 6.07) is 4.20. The van der Waals surface area contributed by atoms with Crippen LogP contribution >= 0.6 is 0 Å². The van der Waals surface area contributed by atoms with Gasteiger partial charge in [-0.1, -0.05) is 6.07 Å². The van der Waals surface area contributed by atoms with Gasteiger partial charge in [0.05, 0.1) is 16.6 Å². The number of carbonyl (C=O) groups is 1. The second-order valence-corrected chi connectivity index (χ2v) is 6.80. The molecule has 0 amide bonds. The first-order valence-electron chi connectivity index (χ1n) is 6.35. The molecule has 1 fully saturated rings. The summed E-state index contributed by atoms with van der Waals surface area (Å²) in [5.41, 5.74) is 0.198. The normalized spacial score (nSPS) is 20.8. The van der Waals surface area contributed by atoms with E-state index in [1.807, 2.05) is 0 Å². The average Bonchev–Trinajstić information content (AvgIpc) is 2.38. The Hall–Kier alpha value is -1.44. The van der Waals surface area contributed by atoms with Gasteiger partial charge in [0.2, 0.25) is 10.0 Å². The maximum atomic E-state index is 12.6. The number of sulfonamides is 1. The molecule has 7 heteroatoms.